The van der Waals surface area contributed by atoms with E-state index in [1.807, 2.05) is 95.9 Å². The molecule has 2 amide bonds. The Morgan fingerprint density at radius 3 is 2.15 bits per heavy atom. The van der Waals surface area contributed by atoms with Crippen LogP contribution in [0.15, 0.2) is 103 Å². The van der Waals surface area contributed by atoms with E-state index in [2.05, 4.69) is 27.0 Å². The van der Waals surface area contributed by atoms with E-state index in [4.69, 9.17) is 5.26 Å². The number of nitrogens with one attached hydrogen (secondary N) is 3. The minimum atomic E-state index is -0.0900. The molecule has 1 saturated carbocycles. The molecule has 7 heteroatoms. The van der Waals surface area contributed by atoms with Gasteiger partial charge in [0, 0.05) is 41.9 Å². The Morgan fingerprint density at radius 2 is 1.51 bits per heavy atom. The lowest BCUT2D eigenvalue weighted by Crippen LogP contribution is -2.48. The summed E-state index contributed by atoms with van der Waals surface area (Å²) in [6, 6.07) is 34.1. The van der Waals surface area contributed by atoms with Crippen LogP contribution in [0.2, 0.25) is 0 Å². The minimum Gasteiger partial charge on any atom is -0.367 e. The van der Waals surface area contributed by atoms with E-state index in [0.717, 1.165) is 54.1 Å². The van der Waals surface area contributed by atoms with Crippen LogP contribution in [0.4, 0.5) is 27.7 Å². The van der Waals surface area contributed by atoms with Crippen molar-refractivity contribution in [3.8, 4) is 6.07 Å². The number of pyridine rings is 1. The summed E-state index contributed by atoms with van der Waals surface area (Å²) in [4.78, 5) is 19.8. The van der Waals surface area contributed by atoms with Crippen molar-refractivity contribution < 1.29 is 4.79 Å². The molecule has 0 atom stereocenters. The smallest absolute Gasteiger partial charge is 0.322 e. The Morgan fingerprint density at radius 1 is 0.846 bits per heavy atom. The number of amides is 2. The highest BCUT2D eigenvalue weighted by molar-refractivity contribution is 5.93. The van der Waals surface area contributed by atoms with Crippen molar-refractivity contribution in [2.24, 2.45) is 0 Å². The van der Waals surface area contributed by atoms with Gasteiger partial charge < -0.3 is 16.0 Å². The molecule has 0 spiro atoms. The van der Waals surface area contributed by atoms with Gasteiger partial charge in [0.2, 0.25) is 0 Å². The molecule has 0 unspecified atom stereocenters. The van der Waals surface area contributed by atoms with Gasteiger partial charge in [-0.3, -0.25) is 4.90 Å². The average Bonchev–Trinajstić information content (AvgIpc) is 2.99. The highest BCUT2D eigenvalue weighted by Crippen LogP contribution is 2.30. The molecule has 5 rings (SSSR count). The van der Waals surface area contributed by atoms with Gasteiger partial charge >= 0.3 is 6.03 Å². The second kappa shape index (κ2) is 12.6. The first-order valence-electron chi connectivity index (χ1n) is 13.3. The number of hydrogen-bond acceptors (Lipinski definition) is 5. The Bertz CT molecular complexity index is 1380. The number of hydrogen-bond donors (Lipinski definition) is 3. The van der Waals surface area contributed by atoms with Crippen molar-refractivity contribution in [3.63, 3.8) is 0 Å². The summed E-state index contributed by atoms with van der Waals surface area (Å²) in [5, 5.41) is 19.0. The number of carbonyl (C=O) groups excluding carboxylic acids is 1. The van der Waals surface area contributed by atoms with E-state index in [1.165, 1.54) is 0 Å². The molecule has 4 aromatic rings. The van der Waals surface area contributed by atoms with Crippen LogP contribution in [0.25, 0.3) is 0 Å². The van der Waals surface area contributed by atoms with Crippen molar-refractivity contribution in [3.05, 3.63) is 114 Å². The van der Waals surface area contributed by atoms with E-state index in [9.17, 15) is 4.79 Å². The van der Waals surface area contributed by atoms with Crippen molar-refractivity contribution in [2.75, 3.05) is 15.5 Å². The average molecular weight is 517 g/mol. The van der Waals surface area contributed by atoms with Gasteiger partial charge in [0.25, 0.3) is 0 Å². The number of carbonyl (C=O) groups is 1. The highest BCUT2D eigenvalue weighted by Gasteiger charge is 2.30. The fourth-order valence-corrected chi connectivity index (χ4v) is 4.98. The number of anilines is 4. The van der Waals surface area contributed by atoms with Crippen LogP contribution in [0.3, 0.4) is 0 Å². The Kier molecular flexibility index (Phi) is 8.35. The first-order chi connectivity index (χ1) is 19.2. The number of aromatic nitrogens is 1. The lowest BCUT2D eigenvalue weighted by Gasteiger charge is -2.37. The van der Waals surface area contributed by atoms with Crippen molar-refractivity contribution in [1.82, 2.24) is 10.3 Å². The molecule has 3 aromatic carbocycles. The maximum Gasteiger partial charge on any atom is 0.322 e. The number of nitrogens with zero attached hydrogens (tertiary/aromatic N) is 3. The lowest BCUT2D eigenvalue weighted by atomic mass is 9.90. The molecular weight excluding hydrogens is 484 g/mol. The molecule has 1 aromatic heterocycles. The third-order valence-corrected chi connectivity index (χ3v) is 7.02. The number of para-hydroxylation sites is 1. The van der Waals surface area contributed by atoms with E-state index in [1.54, 1.807) is 12.3 Å². The molecular formula is C32H32N6O. The molecule has 1 aliphatic rings. The summed E-state index contributed by atoms with van der Waals surface area (Å²) < 4.78 is 0. The van der Waals surface area contributed by atoms with E-state index >= 15 is 0 Å². The second-order valence-corrected chi connectivity index (χ2v) is 9.75. The standard InChI is InChI=1S/C32H32N6O/c33-21-25-11-20-31(34-23-25)37-28-14-18-30(19-15-28)38(32(39)35-22-24-7-3-1-4-8-24)29-16-12-27(13-17-29)36-26-9-5-2-6-10-26/h1-13,16-17,20,23,28,30,36H,14-15,18-19,22H2,(H,34,37)(H,35,39). The van der Waals surface area contributed by atoms with Gasteiger partial charge in [-0.1, -0.05) is 48.5 Å². The monoisotopic (exact) mass is 516 g/mol. The molecule has 39 heavy (non-hydrogen) atoms. The predicted octanol–water partition coefficient (Wildman–Crippen LogP) is 6.84. The van der Waals surface area contributed by atoms with Gasteiger partial charge in [-0.05, 0) is 79.8 Å². The minimum absolute atomic E-state index is 0.0840. The Hall–Kier alpha value is -4.83. The van der Waals surface area contributed by atoms with Gasteiger partial charge in [0.05, 0.1) is 5.56 Å². The van der Waals surface area contributed by atoms with Gasteiger partial charge in [-0.2, -0.15) is 5.26 Å². The summed E-state index contributed by atoms with van der Waals surface area (Å²) in [5.41, 5.74) is 4.48. The molecule has 0 aliphatic heterocycles. The molecule has 0 bridgehead atoms. The van der Waals surface area contributed by atoms with Gasteiger partial charge in [-0.25, -0.2) is 9.78 Å². The van der Waals surface area contributed by atoms with E-state index in [0.29, 0.717) is 12.1 Å². The normalized spacial score (nSPS) is 16.5. The van der Waals surface area contributed by atoms with E-state index in [-0.39, 0.29) is 18.1 Å². The number of rotatable bonds is 8. The predicted molar refractivity (Wildman–Crippen MR) is 156 cm³/mol. The zero-order valence-corrected chi connectivity index (χ0v) is 21.8. The first-order valence-corrected chi connectivity index (χ1v) is 13.3. The molecule has 0 radical (unpaired) electrons. The fourth-order valence-electron chi connectivity index (χ4n) is 4.98. The largest absolute Gasteiger partial charge is 0.367 e. The van der Waals surface area contributed by atoms with E-state index < -0.39 is 0 Å². The molecule has 0 saturated heterocycles. The van der Waals surface area contributed by atoms with Gasteiger partial charge in [-0.15, -0.1) is 0 Å². The summed E-state index contributed by atoms with van der Waals surface area (Å²) in [7, 11) is 0. The maximum absolute atomic E-state index is 13.6. The molecule has 3 N–H and O–H groups in total. The SMILES string of the molecule is N#Cc1ccc(NC2CCC(N(C(=O)NCc3ccccc3)c3ccc(Nc4ccccc4)cc3)CC2)nc1. The highest BCUT2D eigenvalue weighted by atomic mass is 16.2. The molecule has 7 nitrogen and oxygen atoms in total. The zero-order valence-electron chi connectivity index (χ0n) is 21.8. The first kappa shape index (κ1) is 25.8. The second-order valence-electron chi connectivity index (χ2n) is 9.75. The molecule has 1 fully saturated rings. The number of benzene rings is 3. The van der Waals surface area contributed by atoms with Crippen molar-refractivity contribution >= 4 is 28.9 Å². The lowest BCUT2D eigenvalue weighted by molar-refractivity contribution is 0.240. The quantitative estimate of drug-likeness (QED) is 0.238. The van der Waals surface area contributed by atoms with Crippen LogP contribution in [-0.2, 0) is 6.54 Å². The van der Waals surface area contributed by atoms with Crippen LogP contribution in [0.1, 0.15) is 36.8 Å². The van der Waals surface area contributed by atoms with Gasteiger partial charge in [0.1, 0.15) is 11.9 Å². The Labute approximate surface area is 229 Å². The summed E-state index contributed by atoms with van der Waals surface area (Å²) in [6.45, 7) is 0.477. The Balaban J connectivity index is 1.27. The summed E-state index contributed by atoms with van der Waals surface area (Å²) in [6.07, 6.45) is 5.17. The third-order valence-electron chi connectivity index (χ3n) is 7.02. The summed E-state index contributed by atoms with van der Waals surface area (Å²) >= 11 is 0. The summed E-state index contributed by atoms with van der Waals surface area (Å²) in [5.74, 6) is 0.774. The van der Waals surface area contributed by atoms with Crippen LogP contribution in [0, 0.1) is 11.3 Å². The molecule has 196 valence electrons. The maximum atomic E-state index is 13.6. The number of urea groups is 1. The van der Waals surface area contributed by atoms with Crippen LogP contribution in [-0.4, -0.2) is 23.1 Å². The number of nitriles is 1. The van der Waals surface area contributed by atoms with Crippen LogP contribution in [0.5, 0.6) is 0 Å². The molecule has 1 heterocycles. The zero-order chi connectivity index (χ0) is 26.9. The van der Waals surface area contributed by atoms with Crippen molar-refractivity contribution in [1.29, 1.82) is 5.26 Å². The fraction of sp³-hybridized carbons (Fsp3) is 0.219. The molecule has 1 aliphatic carbocycles. The van der Waals surface area contributed by atoms with Gasteiger partial charge in [0.15, 0.2) is 0 Å². The van der Waals surface area contributed by atoms with Crippen molar-refractivity contribution in [2.45, 2.75) is 44.3 Å². The van der Waals surface area contributed by atoms with Crippen LogP contribution >= 0.6 is 0 Å². The topological polar surface area (TPSA) is 93.1 Å². The van der Waals surface area contributed by atoms with Crippen LogP contribution < -0.4 is 20.9 Å². The third kappa shape index (κ3) is 6.93.